The fourth-order valence-corrected chi connectivity index (χ4v) is 0.922. The molecule has 0 fully saturated rings. The molecule has 0 aromatic heterocycles. The Morgan fingerprint density at radius 1 is 1.12 bits per heavy atom. The Labute approximate surface area is 153 Å². The van der Waals surface area contributed by atoms with E-state index in [4.69, 9.17) is 34.3 Å². The van der Waals surface area contributed by atoms with Crippen molar-refractivity contribution in [3.8, 4) is 0 Å². The molecule has 0 unspecified atom stereocenters. The van der Waals surface area contributed by atoms with Crippen LogP contribution in [0.25, 0.3) is 0 Å². The molecule has 0 bridgehead atoms. The lowest BCUT2D eigenvalue weighted by atomic mass is 10.3. The second-order valence-corrected chi connectivity index (χ2v) is 4.93. The summed E-state index contributed by atoms with van der Waals surface area (Å²) in [5, 5.41) is 21.9. The molecule has 0 saturated carbocycles. The summed E-state index contributed by atoms with van der Waals surface area (Å²) >= 11 is 9.90. The highest BCUT2D eigenvalue weighted by Crippen LogP contribution is 2.13. The SMILES string of the molecule is CNC(=S)N/N=C(C)/C(C)=N/NC(=S)NCC[NH3+].O=C(O)C(F)(F)F. The molecule has 25 heavy (non-hydrogen) atoms. The van der Waals surface area contributed by atoms with E-state index in [0.717, 1.165) is 6.54 Å². The molecular formula is C11H21F3N7O2S2+. The maximum Gasteiger partial charge on any atom is 0.490 e. The topological polar surface area (TPSA) is 138 Å². The van der Waals surface area contributed by atoms with Gasteiger partial charge in [-0.3, -0.25) is 10.9 Å². The molecule has 0 aliphatic rings. The summed E-state index contributed by atoms with van der Waals surface area (Å²) in [6.07, 6.45) is -5.08. The maximum absolute atomic E-state index is 10.6. The van der Waals surface area contributed by atoms with Gasteiger partial charge in [-0.25, -0.2) is 4.79 Å². The smallest absolute Gasteiger partial charge is 0.475 e. The van der Waals surface area contributed by atoms with Crippen LogP contribution in [-0.2, 0) is 4.79 Å². The van der Waals surface area contributed by atoms with E-state index < -0.39 is 12.1 Å². The van der Waals surface area contributed by atoms with Crippen LogP contribution in [-0.4, -0.2) is 59.0 Å². The minimum absolute atomic E-state index is 0.447. The Morgan fingerprint density at radius 2 is 1.52 bits per heavy atom. The molecule has 0 heterocycles. The molecule has 0 rings (SSSR count). The van der Waals surface area contributed by atoms with Gasteiger partial charge in [0.05, 0.1) is 24.5 Å². The summed E-state index contributed by atoms with van der Waals surface area (Å²) in [6, 6.07) is 0. The largest absolute Gasteiger partial charge is 0.490 e. The number of thiocarbonyl (C=S) groups is 2. The summed E-state index contributed by atoms with van der Waals surface area (Å²) in [4.78, 5) is 8.90. The summed E-state index contributed by atoms with van der Waals surface area (Å²) in [6.45, 7) is 5.11. The first-order valence-corrected chi connectivity index (χ1v) is 7.47. The molecule has 144 valence electrons. The second kappa shape index (κ2) is 13.3. The second-order valence-electron chi connectivity index (χ2n) is 4.11. The van der Waals surface area contributed by atoms with E-state index in [1.165, 1.54) is 0 Å². The molecule has 0 aliphatic heterocycles. The molecule has 0 amide bonds. The van der Waals surface area contributed by atoms with Crippen LogP contribution >= 0.6 is 24.4 Å². The Bertz CT molecular complexity index is 524. The molecule has 0 radical (unpaired) electrons. The van der Waals surface area contributed by atoms with Gasteiger partial charge in [0.2, 0.25) is 0 Å². The number of nitrogens with zero attached hydrogens (tertiary/aromatic N) is 2. The van der Waals surface area contributed by atoms with Gasteiger partial charge in [-0.1, -0.05) is 0 Å². The molecule has 14 heteroatoms. The van der Waals surface area contributed by atoms with Crippen LogP contribution in [0, 0.1) is 0 Å². The predicted molar refractivity (Wildman–Crippen MR) is 96.2 cm³/mol. The number of hydrazone groups is 2. The average molecular weight is 404 g/mol. The minimum Gasteiger partial charge on any atom is -0.475 e. The number of carbonyl (C=O) groups is 1. The number of rotatable bonds is 5. The lowest BCUT2D eigenvalue weighted by Crippen LogP contribution is -2.55. The first-order valence-electron chi connectivity index (χ1n) is 6.65. The third kappa shape index (κ3) is 15.2. The molecule has 0 aromatic carbocycles. The number of carboxylic acid groups (broad SMARTS) is 1. The predicted octanol–water partition coefficient (Wildman–Crippen LogP) is -0.829. The Balaban J connectivity index is 0. The number of aliphatic carboxylic acids is 1. The van der Waals surface area contributed by atoms with Crippen molar-refractivity contribution in [1.82, 2.24) is 21.5 Å². The molecule has 9 nitrogen and oxygen atoms in total. The summed E-state index contributed by atoms with van der Waals surface area (Å²) in [5.41, 5.74) is 10.5. The lowest BCUT2D eigenvalue weighted by Gasteiger charge is -2.06. The summed E-state index contributed by atoms with van der Waals surface area (Å²) in [7, 11) is 1.72. The number of hydrogen-bond donors (Lipinski definition) is 6. The van der Waals surface area contributed by atoms with E-state index in [1.807, 2.05) is 13.8 Å². The summed E-state index contributed by atoms with van der Waals surface area (Å²) in [5.74, 6) is -2.76. The van der Waals surface area contributed by atoms with Crippen molar-refractivity contribution in [3.05, 3.63) is 0 Å². The van der Waals surface area contributed by atoms with E-state index in [9.17, 15) is 13.2 Å². The number of quaternary nitrogens is 1. The van der Waals surface area contributed by atoms with Gasteiger partial charge in [-0.15, -0.1) is 0 Å². The van der Waals surface area contributed by atoms with E-state index in [2.05, 4.69) is 37.4 Å². The van der Waals surface area contributed by atoms with Crippen molar-refractivity contribution in [1.29, 1.82) is 0 Å². The van der Waals surface area contributed by atoms with Crippen molar-refractivity contribution in [3.63, 3.8) is 0 Å². The summed E-state index contributed by atoms with van der Waals surface area (Å²) < 4.78 is 31.7. The Hall–Kier alpha value is -2.06. The average Bonchev–Trinajstić information content (AvgIpc) is 2.54. The van der Waals surface area contributed by atoms with E-state index >= 15 is 0 Å². The third-order valence-corrected chi connectivity index (χ3v) is 2.64. The third-order valence-electron chi connectivity index (χ3n) is 2.11. The molecule has 0 aromatic rings. The van der Waals surface area contributed by atoms with E-state index in [0.29, 0.717) is 28.2 Å². The van der Waals surface area contributed by atoms with Crippen LogP contribution in [0.15, 0.2) is 10.2 Å². The van der Waals surface area contributed by atoms with Crippen LogP contribution in [0.2, 0.25) is 0 Å². The maximum atomic E-state index is 10.6. The number of halogens is 3. The highest BCUT2D eigenvalue weighted by Gasteiger charge is 2.38. The molecule has 0 spiro atoms. The van der Waals surface area contributed by atoms with E-state index in [1.54, 1.807) is 7.05 Å². The van der Waals surface area contributed by atoms with Gasteiger partial charge in [0, 0.05) is 7.05 Å². The standard InChI is InChI=1S/C9H19N7S2.C2HF3O2/c1-6(13-15-8(17)11-3)7(2)14-16-9(18)12-5-4-10;3-2(4,5)1(6)7/h4-5,10H2,1-3H3,(H2,11,15,17)(H2,12,16,18);(H,6,7)/p+1/b13-6+,14-7+;. The number of alkyl halides is 3. The zero-order chi connectivity index (χ0) is 20.0. The Kier molecular flexibility index (Phi) is 13.4. The van der Waals surface area contributed by atoms with Gasteiger partial charge in [-0.2, -0.15) is 23.4 Å². The normalized spacial score (nSPS) is 11.6. The van der Waals surface area contributed by atoms with Crippen LogP contribution in [0.3, 0.4) is 0 Å². The van der Waals surface area contributed by atoms with E-state index in [-0.39, 0.29) is 0 Å². The molecule has 8 N–H and O–H groups in total. The van der Waals surface area contributed by atoms with Crippen LogP contribution in [0.4, 0.5) is 13.2 Å². The molecular weight excluding hydrogens is 383 g/mol. The van der Waals surface area contributed by atoms with Crippen molar-refractivity contribution in [2.45, 2.75) is 20.0 Å². The zero-order valence-electron chi connectivity index (χ0n) is 13.8. The van der Waals surface area contributed by atoms with Crippen molar-refractivity contribution in [2.24, 2.45) is 10.2 Å². The van der Waals surface area contributed by atoms with Gasteiger partial charge in [0.25, 0.3) is 0 Å². The molecule has 0 saturated heterocycles. The molecule has 0 atom stereocenters. The van der Waals surface area contributed by atoms with Crippen molar-refractivity contribution >= 4 is 52.1 Å². The molecule has 0 aliphatic carbocycles. The van der Waals surface area contributed by atoms with Gasteiger partial charge in [0.15, 0.2) is 10.2 Å². The van der Waals surface area contributed by atoms with Crippen molar-refractivity contribution < 1.29 is 28.8 Å². The first-order chi connectivity index (χ1) is 11.4. The monoisotopic (exact) mass is 404 g/mol. The van der Waals surface area contributed by atoms with Crippen LogP contribution in [0.5, 0.6) is 0 Å². The highest BCUT2D eigenvalue weighted by molar-refractivity contribution is 7.80. The Morgan fingerprint density at radius 3 is 1.84 bits per heavy atom. The fourth-order valence-electron chi connectivity index (χ4n) is 0.728. The quantitative estimate of drug-likeness (QED) is 0.198. The van der Waals surface area contributed by atoms with Gasteiger partial charge >= 0.3 is 12.1 Å². The van der Waals surface area contributed by atoms with Crippen LogP contribution < -0.4 is 27.2 Å². The minimum atomic E-state index is -5.08. The van der Waals surface area contributed by atoms with Gasteiger partial charge in [-0.05, 0) is 38.3 Å². The van der Waals surface area contributed by atoms with Gasteiger partial charge < -0.3 is 21.5 Å². The fraction of sp³-hybridized carbons (Fsp3) is 0.545. The van der Waals surface area contributed by atoms with Gasteiger partial charge in [0.1, 0.15) is 0 Å². The number of nitrogens with one attached hydrogen (secondary N) is 4. The number of carboxylic acids is 1. The number of hydrogen-bond acceptors (Lipinski definition) is 5. The highest BCUT2D eigenvalue weighted by atomic mass is 32.1. The lowest BCUT2D eigenvalue weighted by molar-refractivity contribution is -0.364. The van der Waals surface area contributed by atoms with Crippen LogP contribution in [0.1, 0.15) is 13.8 Å². The van der Waals surface area contributed by atoms with Crippen molar-refractivity contribution in [2.75, 3.05) is 20.1 Å². The first kappa shape index (κ1) is 25.2. The zero-order valence-corrected chi connectivity index (χ0v) is 15.5.